The minimum absolute atomic E-state index is 0.0130. The monoisotopic (exact) mass is 297 g/mol. The van der Waals surface area contributed by atoms with Crippen molar-refractivity contribution in [1.82, 2.24) is 5.32 Å². The van der Waals surface area contributed by atoms with Crippen LogP contribution in [0.4, 0.5) is 4.79 Å². The van der Waals surface area contributed by atoms with E-state index in [0.717, 1.165) is 5.56 Å². The van der Waals surface area contributed by atoms with E-state index in [9.17, 15) is 9.59 Å². The number of halogens is 1. The molecule has 110 valence electrons. The van der Waals surface area contributed by atoms with Gasteiger partial charge < -0.3 is 10.1 Å². The van der Waals surface area contributed by atoms with Crippen LogP contribution in [0.5, 0.6) is 0 Å². The van der Waals surface area contributed by atoms with Crippen molar-refractivity contribution in [1.29, 1.82) is 0 Å². The van der Waals surface area contributed by atoms with Gasteiger partial charge in [0, 0.05) is 11.4 Å². The molecule has 1 aromatic carbocycles. The van der Waals surface area contributed by atoms with Crippen LogP contribution in [0.1, 0.15) is 45.7 Å². The van der Waals surface area contributed by atoms with Crippen LogP contribution >= 0.6 is 11.6 Å². The van der Waals surface area contributed by atoms with Crippen molar-refractivity contribution >= 4 is 23.5 Å². The lowest BCUT2D eigenvalue weighted by Crippen LogP contribution is -2.35. The Morgan fingerprint density at radius 3 is 2.25 bits per heavy atom. The van der Waals surface area contributed by atoms with Gasteiger partial charge in [0.05, 0.1) is 6.04 Å². The maximum absolute atomic E-state index is 11.8. The number of amides is 1. The van der Waals surface area contributed by atoms with Gasteiger partial charge in [-0.15, -0.1) is 0 Å². The second-order valence-electron chi connectivity index (χ2n) is 5.66. The summed E-state index contributed by atoms with van der Waals surface area (Å²) in [6, 6.07) is 6.60. The Bertz CT molecular complexity index is 477. The molecule has 0 bridgehead atoms. The quantitative estimate of drug-likeness (QED) is 0.917. The van der Waals surface area contributed by atoms with Crippen LogP contribution in [0.3, 0.4) is 0 Å². The highest BCUT2D eigenvalue weighted by atomic mass is 35.5. The van der Waals surface area contributed by atoms with E-state index in [1.54, 1.807) is 45.0 Å². The Morgan fingerprint density at radius 2 is 1.80 bits per heavy atom. The number of hydrogen-bond acceptors (Lipinski definition) is 3. The largest absolute Gasteiger partial charge is 0.444 e. The van der Waals surface area contributed by atoms with Gasteiger partial charge in [-0.25, -0.2) is 4.79 Å². The smallest absolute Gasteiger partial charge is 0.408 e. The fraction of sp³-hybridized carbons (Fsp3) is 0.467. The summed E-state index contributed by atoms with van der Waals surface area (Å²) in [4.78, 5) is 23.2. The molecule has 0 unspecified atom stereocenters. The molecule has 20 heavy (non-hydrogen) atoms. The molecule has 0 heterocycles. The highest BCUT2D eigenvalue weighted by molar-refractivity contribution is 6.30. The van der Waals surface area contributed by atoms with Gasteiger partial charge in [-0.05, 0) is 45.4 Å². The van der Waals surface area contributed by atoms with Gasteiger partial charge in [-0.1, -0.05) is 23.7 Å². The summed E-state index contributed by atoms with van der Waals surface area (Å²) < 4.78 is 5.21. The van der Waals surface area contributed by atoms with Crippen molar-refractivity contribution in [2.75, 3.05) is 0 Å². The van der Waals surface area contributed by atoms with E-state index in [0.29, 0.717) is 5.02 Å². The van der Waals surface area contributed by atoms with Crippen LogP contribution in [-0.2, 0) is 9.53 Å². The minimum atomic E-state index is -0.579. The highest BCUT2D eigenvalue weighted by Crippen LogP contribution is 2.20. The Balaban J connectivity index is 2.82. The van der Waals surface area contributed by atoms with Gasteiger partial charge in [-0.2, -0.15) is 0 Å². The number of rotatable bonds is 4. The van der Waals surface area contributed by atoms with Crippen LogP contribution in [0.2, 0.25) is 5.02 Å². The molecule has 1 amide bonds. The Labute approximate surface area is 124 Å². The third-order valence-corrected chi connectivity index (χ3v) is 2.71. The molecule has 0 fully saturated rings. The van der Waals surface area contributed by atoms with E-state index in [-0.39, 0.29) is 12.2 Å². The van der Waals surface area contributed by atoms with E-state index in [1.165, 1.54) is 6.92 Å². The summed E-state index contributed by atoms with van der Waals surface area (Å²) in [5.74, 6) is -0.0130. The third-order valence-electron chi connectivity index (χ3n) is 2.45. The SMILES string of the molecule is CC(=O)C[C@@H](NC(=O)OC(C)(C)C)c1ccc(Cl)cc1. The molecule has 0 aliphatic rings. The van der Waals surface area contributed by atoms with Gasteiger partial charge >= 0.3 is 6.09 Å². The summed E-state index contributed by atoms with van der Waals surface area (Å²) in [6.07, 6.45) is -0.334. The Morgan fingerprint density at radius 1 is 1.25 bits per heavy atom. The zero-order valence-electron chi connectivity index (χ0n) is 12.2. The lowest BCUT2D eigenvalue weighted by atomic mass is 10.0. The van der Waals surface area contributed by atoms with Crippen LogP contribution in [0, 0.1) is 0 Å². The molecular weight excluding hydrogens is 278 g/mol. The van der Waals surface area contributed by atoms with Crippen LogP contribution in [-0.4, -0.2) is 17.5 Å². The lowest BCUT2D eigenvalue weighted by molar-refractivity contribution is -0.117. The van der Waals surface area contributed by atoms with E-state index >= 15 is 0 Å². The number of carbonyl (C=O) groups excluding carboxylic acids is 2. The van der Waals surface area contributed by atoms with E-state index in [4.69, 9.17) is 16.3 Å². The highest BCUT2D eigenvalue weighted by Gasteiger charge is 2.21. The molecule has 0 saturated carbocycles. The number of benzene rings is 1. The molecule has 0 saturated heterocycles. The van der Waals surface area contributed by atoms with Crippen molar-refractivity contribution in [3.63, 3.8) is 0 Å². The fourth-order valence-corrected chi connectivity index (χ4v) is 1.81. The van der Waals surface area contributed by atoms with Crippen molar-refractivity contribution in [2.45, 2.75) is 45.8 Å². The first kappa shape index (κ1) is 16.5. The lowest BCUT2D eigenvalue weighted by Gasteiger charge is -2.23. The third kappa shape index (κ3) is 6.06. The Hall–Kier alpha value is -1.55. The molecule has 1 aromatic rings. The minimum Gasteiger partial charge on any atom is -0.444 e. The van der Waals surface area contributed by atoms with E-state index in [1.807, 2.05) is 0 Å². The van der Waals surface area contributed by atoms with Crippen LogP contribution in [0.25, 0.3) is 0 Å². The average molecular weight is 298 g/mol. The van der Waals surface area contributed by atoms with Crippen LogP contribution in [0.15, 0.2) is 24.3 Å². The number of nitrogens with one attached hydrogen (secondary N) is 1. The number of carbonyl (C=O) groups is 2. The zero-order valence-corrected chi connectivity index (χ0v) is 13.0. The summed E-state index contributed by atoms with van der Waals surface area (Å²) >= 11 is 5.84. The maximum atomic E-state index is 11.8. The molecule has 4 nitrogen and oxygen atoms in total. The van der Waals surface area contributed by atoms with Crippen LogP contribution < -0.4 is 5.32 Å². The number of ether oxygens (including phenoxy) is 1. The molecule has 1 atom stereocenters. The number of Topliss-reactive ketones (excluding diaryl/α,β-unsaturated/α-hetero) is 1. The fourth-order valence-electron chi connectivity index (χ4n) is 1.68. The van der Waals surface area contributed by atoms with Crippen molar-refractivity contribution < 1.29 is 14.3 Å². The predicted octanol–water partition coefficient (Wildman–Crippen LogP) is 3.88. The number of hydrogen-bond donors (Lipinski definition) is 1. The van der Waals surface area contributed by atoms with Crippen molar-refractivity contribution in [3.8, 4) is 0 Å². The normalized spacial score (nSPS) is 12.7. The number of ketones is 1. The first-order valence-electron chi connectivity index (χ1n) is 6.42. The standard InChI is InChI=1S/C15H20ClNO3/c1-10(18)9-13(11-5-7-12(16)8-6-11)17-14(19)20-15(2,3)4/h5-8,13H,9H2,1-4H3,(H,17,19)/t13-/m1/s1. The first-order valence-corrected chi connectivity index (χ1v) is 6.79. The molecule has 0 spiro atoms. The van der Waals surface area contributed by atoms with Gasteiger partial charge in [0.2, 0.25) is 0 Å². The average Bonchev–Trinajstić information content (AvgIpc) is 2.25. The molecule has 0 radical (unpaired) electrons. The molecular formula is C15H20ClNO3. The second-order valence-corrected chi connectivity index (χ2v) is 6.09. The van der Waals surface area contributed by atoms with Crippen molar-refractivity contribution in [2.24, 2.45) is 0 Å². The Kier molecular flexibility index (Phi) is 5.57. The summed E-state index contributed by atoms with van der Waals surface area (Å²) in [6.45, 7) is 6.85. The maximum Gasteiger partial charge on any atom is 0.408 e. The van der Waals surface area contributed by atoms with Crippen molar-refractivity contribution in [3.05, 3.63) is 34.9 Å². The summed E-state index contributed by atoms with van der Waals surface area (Å²) in [5, 5.41) is 3.32. The molecule has 5 heteroatoms. The topological polar surface area (TPSA) is 55.4 Å². The first-order chi connectivity index (χ1) is 9.17. The molecule has 1 rings (SSSR count). The molecule has 0 aromatic heterocycles. The second kappa shape index (κ2) is 6.75. The van der Waals surface area contributed by atoms with Gasteiger partial charge in [0.15, 0.2) is 0 Å². The van der Waals surface area contributed by atoms with E-state index in [2.05, 4.69) is 5.32 Å². The summed E-state index contributed by atoms with van der Waals surface area (Å²) in [5.41, 5.74) is 0.237. The van der Waals surface area contributed by atoms with Gasteiger partial charge in [0.1, 0.15) is 11.4 Å². The van der Waals surface area contributed by atoms with Gasteiger partial charge in [0.25, 0.3) is 0 Å². The van der Waals surface area contributed by atoms with Gasteiger partial charge in [-0.3, -0.25) is 4.79 Å². The summed E-state index contributed by atoms with van der Waals surface area (Å²) in [7, 11) is 0. The number of alkyl carbamates (subject to hydrolysis) is 1. The molecule has 0 aliphatic carbocycles. The molecule has 0 aliphatic heterocycles. The molecule has 1 N–H and O–H groups in total. The van der Waals surface area contributed by atoms with E-state index < -0.39 is 17.7 Å². The predicted molar refractivity (Wildman–Crippen MR) is 78.9 cm³/mol. The zero-order chi connectivity index (χ0) is 15.3.